The zero-order chi connectivity index (χ0) is 9.30. The molecule has 0 unspecified atom stereocenters. The van der Waals surface area contributed by atoms with Crippen molar-refractivity contribution in [2.75, 3.05) is 0 Å². The van der Waals surface area contributed by atoms with Crippen molar-refractivity contribution in [3.05, 3.63) is 27.7 Å². The van der Waals surface area contributed by atoms with Gasteiger partial charge in [0.1, 0.15) is 5.69 Å². The molecule has 0 saturated heterocycles. The molecule has 0 aliphatic heterocycles. The van der Waals surface area contributed by atoms with E-state index in [1.54, 1.807) is 0 Å². The summed E-state index contributed by atoms with van der Waals surface area (Å²) in [6.45, 7) is 1.41. The highest BCUT2D eigenvalue weighted by molar-refractivity contribution is 9.10. The molecule has 0 amide bonds. The second-order valence-electron chi connectivity index (χ2n) is 2.23. The Morgan fingerprint density at radius 2 is 2.08 bits per heavy atom. The predicted octanol–water partition coefficient (Wildman–Crippen LogP) is 3.23. The zero-order valence-corrected chi connectivity index (χ0v) is 7.70. The maximum atomic E-state index is 12.9. The first kappa shape index (κ1) is 9.51. The first-order chi connectivity index (χ1) is 5.54. The third-order valence-corrected chi connectivity index (χ3v) is 2.24. The smallest absolute Gasteiger partial charge is 0.251 e. The highest BCUT2D eigenvalue weighted by Crippen LogP contribution is 2.25. The number of rotatable bonds is 1. The van der Waals surface area contributed by atoms with Gasteiger partial charge in [-0.1, -0.05) is 0 Å². The Morgan fingerprint density at radius 1 is 1.50 bits per heavy atom. The molecular formula is C7H5BrF3N. The van der Waals surface area contributed by atoms with Gasteiger partial charge in [0.15, 0.2) is 5.82 Å². The molecule has 1 aromatic rings. The summed E-state index contributed by atoms with van der Waals surface area (Å²) in [5, 5.41) is 0. The average Bonchev–Trinajstić information content (AvgIpc) is 2.00. The van der Waals surface area contributed by atoms with Gasteiger partial charge in [-0.15, -0.1) is 0 Å². The molecule has 12 heavy (non-hydrogen) atoms. The molecule has 0 aliphatic rings. The van der Waals surface area contributed by atoms with Crippen LogP contribution in [0.25, 0.3) is 0 Å². The second-order valence-corrected chi connectivity index (χ2v) is 3.09. The van der Waals surface area contributed by atoms with Crippen molar-refractivity contribution in [3.63, 3.8) is 0 Å². The molecule has 0 N–H and O–H groups in total. The molecule has 1 heterocycles. The molecule has 0 atom stereocenters. The largest absolute Gasteiger partial charge is 0.283 e. The van der Waals surface area contributed by atoms with Crippen molar-refractivity contribution < 1.29 is 13.2 Å². The summed E-state index contributed by atoms with van der Waals surface area (Å²) < 4.78 is 37.4. The minimum absolute atomic E-state index is 0.153. The van der Waals surface area contributed by atoms with Crippen LogP contribution in [-0.4, -0.2) is 4.98 Å². The molecule has 1 rings (SSSR count). The van der Waals surface area contributed by atoms with Crippen LogP contribution in [-0.2, 0) is 0 Å². The molecule has 0 spiro atoms. The van der Waals surface area contributed by atoms with E-state index in [1.165, 1.54) is 13.1 Å². The van der Waals surface area contributed by atoms with Gasteiger partial charge in [0.05, 0.1) is 0 Å². The quantitative estimate of drug-likeness (QED) is 0.734. The Labute approximate surface area is 75.7 Å². The van der Waals surface area contributed by atoms with E-state index in [2.05, 4.69) is 20.9 Å². The number of pyridine rings is 1. The lowest BCUT2D eigenvalue weighted by Gasteiger charge is -2.04. The molecule has 5 heteroatoms. The summed E-state index contributed by atoms with van der Waals surface area (Å²) in [5.74, 6) is -0.945. The van der Waals surface area contributed by atoms with Crippen molar-refractivity contribution in [2.24, 2.45) is 0 Å². The molecule has 0 fully saturated rings. The van der Waals surface area contributed by atoms with Gasteiger partial charge in [-0.2, -0.15) is 0 Å². The van der Waals surface area contributed by atoms with E-state index in [-0.39, 0.29) is 5.56 Å². The molecule has 66 valence electrons. The van der Waals surface area contributed by atoms with Crippen LogP contribution in [0.4, 0.5) is 13.2 Å². The van der Waals surface area contributed by atoms with E-state index < -0.39 is 17.9 Å². The summed E-state index contributed by atoms with van der Waals surface area (Å²) in [4.78, 5) is 3.27. The average molecular weight is 240 g/mol. The molecule has 0 aromatic carbocycles. The van der Waals surface area contributed by atoms with Crippen LogP contribution in [0.1, 0.15) is 17.7 Å². The lowest BCUT2D eigenvalue weighted by Crippen LogP contribution is -1.98. The maximum Gasteiger partial charge on any atom is 0.283 e. The Kier molecular flexibility index (Phi) is 2.72. The first-order valence-electron chi connectivity index (χ1n) is 3.12. The lowest BCUT2D eigenvalue weighted by molar-refractivity contribution is 0.140. The second kappa shape index (κ2) is 3.43. The predicted molar refractivity (Wildman–Crippen MR) is 41.6 cm³/mol. The van der Waals surface area contributed by atoms with E-state index in [9.17, 15) is 13.2 Å². The minimum Gasteiger partial charge on any atom is -0.251 e. The fraction of sp³-hybridized carbons (Fsp3) is 0.286. The molecule has 0 bridgehead atoms. The van der Waals surface area contributed by atoms with E-state index >= 15 is 0 Å². The Bertz CT molecular complexity index is 301. The topological polar surface area (TPSA) is 12.9 Å². The Balaban J connectivity index is 3.27. The standard InChI is InChI=1S/C7H5BrF3N/c1-3-4(8)2-12-6(5(3)9)7(10)11/h2,7H,1H3. The molecular weight excluding hydrogens is 235 g/mol. The number of alkyl halides is 2. The summed E-state index contributed by atoms with van der Waals surface area (Å²) >= 11 is 2.98. The highest BCUT2D eigenvalue weighted by atomic mass is 79.9. The van der Waals surface area contributed by atoms with E-state index in [0.29, 0.717) is 4.47 Å². The van der Waals surface area contributed by atoms with E-state index in [0.717, 1.165) is 0 Å². The number of halogens is 4. The van der Waals surface area contributed by atoms with Gasteiger partial charge >= 0.3 is 0 Å². The van der Waals surface area contributed by atoms with E-state index in [4.69, 9.17) is 0 Å². The van der Waals surface area contributed by atoms with Crippen LogP contribution in [0, 0.1) is 12.7 Å². The number of hydrogen-bond donors (Lipinski definition) is 0. The zero-order valence-electron chi connectivity index (χ0n) is 6.11. The van der Waals surface area contributed by atoms with Crippen LogP contribution in [0.15, 0.2) is 10.7 Å². The van der Waals surface area contributed by atoms with Crippen molar-refractivity contribution in [1.82, 2.24) is 4.98 Å². The van der Waals surface area contributed by atoms with Crippen LogP contribution in [0.3, 0.4) is 0 Å². The van der Waals surface area contributed by atoms with Crippen molar-refractivity contribution in [1.29, 1.82) is 0 Å². The third kappa shape index (κ3) is 1.60. The SMILES string of the molecule is Cc1c(Br)cnc(C(F)F)c1F. The molecule has 0 saturated carbocycles. The van der Waals surface area contributed by atoms with Crippen molar-refractivity contribution in [2.45, 2.75) is 13.3 Å². The Morgan fingerprint density at radius 3 is 2.58 bits per heavy atom. The van der Waals surface area contributed by atoms with Gasteiger partial charge in [0.25, 0.3) is 6.43 Å². The maximum absolute atomic E-state index is 12.9. The van der Waals surface area contributed by atoms with Crippen molar-refractivity contribution >= 4 is 15.9 Å². The summed E-state index contributed by atoms with van der Waals surface area (Å²) in [7, 11) is 0. The summed E-state index contributed by atoms with van der Waals surface area (Å²) in [5.41, 5.74) is -0.643. The highest BCUT2D eigenvalue weighted by Gasteiger charge is 2.17. The van der Waals surface area contributed by atoms with Crippen LogP contribution in [0.5, 0.6) is 0 Å². The monoisotopic (exact) mass is 239 g/mol. The molecule has 0 aliphatic carbocycles. The minimum atomic E-state index is -2.86. The number of hydrogen-bond acceptors (Lipinski definition) is 1. The van der Waals surface area contributed by atoms with Gasteiger partial charge in [0, 0.05) is 16.2 Å². The van der Waals surface area contributed by atoms with Crippen LogP contribution < -0.4 is 0 Å². The van der Waals surface area contributed by atoms with Gasteiger partial charge in [-0.3, -0.25) is 4.98 Å². The molecule has 1 nitrogen and oxygen atoms in total. The fourth-order valence-electron chi connectivity index (χ4n) is 0.729. The van der Waals surface area contributed by atoms with Crippen LogP contribution >= 0.6 is 15.9 Å². The van der Waals surface area contributed by atoms with Gasteiger partial charge in [-0.25, -0.2) is 13.2 Å². The van der Waals surface area contributed by atoms with Gasteiger partial charge < -0.3 is 0 Å². The number of aromatic nitrogens is 1. The van der Waals surface area contributed by atoms with Gasteiger partial charge in [-0.05, 0) is 22.9 Å². The normalized spacial score (nSPS) is 10.8. The van der Waals surface area contributed by atoms with E-state index in [1.807, 2.05) is 0 Å². The van der Waals surface area contributed by atoms with Gasteiger partial charge in [0.2, 0.25) is 0 Å². The number of nitrogens with zero attached hydrogens (tertiary/aromatic N) is 1. The summed E-state index contributed by atoms with van der Waals surface area (Å²) in [6, 6.07) is 0. The molecule has 0 radical (unpaired) electrons. The summed E-state index contributed by atoms with van der Waals surface area (Å²) in [6.07, 6.45) is -1.70. The Hall–Kier alpha value is -0.580. The van der Waals surface area contributed by atoms with Crippen molar-refractivity contribution in [3.8, 4) is 0 Å². The molecule has 1 aromatic heterocycles. The third-order valence-electron chi connectivity index (χ3n) is 1.44. The van der Waals surface area contributed by atoms with Crippen LogP contribution in [0.2, 0.25) is 0 Å². The fourth-order valence-corrected chi connectivity index (χ4v) is 1.01. The lowest BCUT2D eigenvalue weighted by atomic mass is 10.2. The first-order valence-corrected chi connectivity index (χ1v) is 3.92.